The Bertz CT molecular complexity index is 891. The van der Waals surface area contributed by atoms with Crippen molar-refractivity contribution in [3.8, 4) is 11.5 Å². The van der Waals surface area contributed by atoms with Crippen LogP contribution in [0.1, 0.15) is 42.0 Å². The van der Waals surface area contributed by atoms with Crippen LogP contribution in [0.2, 0.25) is 0 Å². The Morgan fingerprint density at radius 1 is 1.00 bits per heavy atom. The Labute approximate surface area is 178 Å². The maximum Gasteiger partial charge on any atom is 0.237 e. The molecule has 1 saturated heterocycles. The van der Waals surface area contributed by atoms with E-state index in [0.29, 0.717) is 24.5 Å². The van der Waals surface area contributed by atoms with Crippen LogP contribution in [-0.4, -0.2) is 56.1 Å². The molecule has 1 fully saturated rings. The quantitative estimate of drug-likeness (QED) is 0.768. The van der Waals surface area contributed by atoms with Gasteiger partial charge in [0.25, 0.3) is 0 Å². The molecule has 160 valence electrons. The molecule has 6 nitrogen and oxygen atoms in total. The first-order valence-electron chi connectivity index (χ1n) is 10.7. The second-order valence-electron chi connectivity index (χ2n) is 8.15. The SMILES string of the molecule is COc1cc2c(cc1OC)C(c1ccc(N)cc1)N(C(=O)CN1CCCCC1)CC2. The largest absolute Gasteiger partial charge is 0.493 e. The molecule has 6 heteroatoms. The van der Waals surface area contributed by atoms with Crippen LogP contribution >= 0.6 is 0 Å². The van der Waals surface area contributed by atoms with E-state index < -0.39 is 0 Å². The summed E-state index contributed by atoms with van der Waals surface area (Å²) >= 11 is 0. The van der Waals surface area contributed by atoms with E-state index in [9.17, 15) is 4.79 Å². The van der Waals surface area contributed by atoms with Crippen LogP contribution in [-0.2, 0) is 11.2 Å². The highest BCUT2D eigenvalue weighted by Gasteiger charge is 2.34. The van der Waals surface area contributed by atoms with Crippen LogP contribution in [0.15, 0.2) is 36.4 Å². The Balaban J connectivity index is 1.71. The number of fused-ring (bicyclic) bond motifs is 1. The highest BCUT2D eigenvalue weighted by Crippen LogP contribution is 2.41. The number of rotatable bonds is 5. The number of hydrogen-bond donors (Lipinski definition) is 1. The summed E-state index contributed by atoms with van der Waals surface area (Å²) in [6, 6.07) is 11.8. The Morgan fingerprint density at radius 3 is 2.33 bits per heavy atom. The van der Waals surface area contributed by atoms with Gasteiger partial charge in [0.15, 0.2) is 11.5 Å². The summed E-state index contributed by atoms with van der Waals surface area (Å²) in [7, 11) is 3.30. The van der Waals surface area contributed by atoms with Gasteiger partial charge in [-0.15, -0.1) is 0 Å². The zero-order chi connectivity index (χ0) is 21.1. The minimum atomic E-state index is -0.161. The summed E-state index contributed by atoms with van der Waals surface area (Å²) < 4.78 is 11.1. The first kappa shape index (κ1) is 20.5. The lowest BCUT2D eigenvalue weighted by atomic mass is 9.87. The maximum atomic E-state index is 13.4. The molecule has 0 bridgehead atoms. The first-order valence-corrected chi connectivity index (χ1v) is 10.7. The van der Waals surface area contributed by atoms with Crippen molar-refractivity contribution < 1.29 is 14.3 Å². The van der Waals surface area contributed by atoms with Gasteiger partial charge in [-0.05, 0) is 73.3 Å². The normalized spacial score (nSPS) is 19.3. The summed E-state index contributed by atoms with van der Waals surface area (Å²) in [5.41, 5.74) is 9.99. The summed E-state index contributed by atoms with van der Waals surface area (Å²) in [5.74, 6) is 1.58. The van der Waals surface area contributed by atoms with E-state index in [4.69, 9.17) is 15.2 Å². The van der Waals surface area contributed by atoms with Gasteiger partial charge in [-0.1, -0.05) is 18.6 Å². The van der Waals surface area contributed by atoms with Crippen molar-refractivity contribution in [3.05, 3.63) is 53.1 Å². The second-order valence-corrected chi connectivity index (χ2v) is 8.15. The van der Waals surface area contributed by atoms with E-state index in [2.05, 4.69) is 4.90 Å². The number of carbonyl (C=O) groups excluding carboxylic acids is 1. The first-order chi connectivity index (χ1) is 14.6. The highest BCUT2D eigenvalue weighted by molar-refractivity contribution is 5.80. The molecule has 2 aromatic carbocycles. The molecule has 0 spiro atoms. The second kappa shape index (κ2) is 8.96. The number of nitrogens with two attached hydrogens (primary N) is 1. The number of piperidine rings is 1. The average Bonchev–Trinajstić information content (AvgIpc) is 2.78. The Morgan fingerprint density at radius 2 is 1.67 bits per heavy atom. The molecule has 30 heavy (non-hydrogen) atoms. The average molecular weight is 410 g/mol. The van der Waals surface area contributed by atoms with Crippen molar-refractivity contribution in [1.29, 1.82) is 0 Å². The number of benzene rings is 2. The third-order valence-corrected chi connectivity index (χ3v) is 6.25. The minimum Gasteiger partial charge on any atom is -0.493 e. The molecule has 4 rings (SSSR count). The predicted octanol–water partition coefficient (Wildman–Crippen LogP) is 3.25. The molecule has 2 heterocycles. The Kier molecular flexibility index (Phi) is 6.13. The van der Waals surface area contributed by atoms with Crippen LogP contribution in [0.25, 0.3) is 0 Å². The number of hydrogen-bond acceptors (Lipinski definition) is 5. The smallest absolute Gasteiger partial charge is 0.237 e. The molecule has 2 aromatic rings. The molecule has 1 amide bonds. The van der Waals surface area contributed by atoms with Crippen molar-refractivity contribution in [2.45, 2.75) is 31.7 Å². The third kappa shape index (κ3) is 4.10. The van der Waals surface area contributed by atoms with E-state index in [1.165, 1.54) is 24.8 Å². The molecule has 0 aliphatic carbocycles. The third-order valence-electron chi connectivity index (χ3n) is 6.25. The van der Waals surface area contributed by atoms with Crippen LogP contribution in [0, 0.1) is 0 Å². The summed E-state index contributed by atoms with van der Waals surface area (Å²) in [4.78, 5) is 17.7. The number of amides is 1. The number of anilines is 1. The molecule has 0 radical (unpaired) electrons. The van der Waals surface area contributed by atoms with Gasteiger partial charge in [-0.25, -0.2) is 0 Å². The van der Waals surface area contributed by atoms with E-state index in [1.807, 2.05) is 41.3 Å². The molecule has 2 aliphatic rings. The lowest BCUT2D eigenvalue weighted by molar-refractivity contribution is -0.134. The number of methoxy groups -OCH3 is 2. The number of carbonyl (C=O) groups is 1. The standard InChI is InChI=1S/C24H31N3O3/c1-29-21-14-18-10-13-27(23(28)16-26-11-4-3-5-12-26)24(20(18)15-22(21)30-2)17-6-8-19(25)9-7-17/h6-9,14-15,24H,3-5,10-13,16,25H2,1-2H3. The lowest BCUT2D eigenvalue weighted by Gasteiger charge is -2.39. The zero-order valence-corrected chi connectivity index (χ0v) is 17.9. The number of nitrogens with zero attached hydrogens (tertiary/aromatic N) is 2. The lowest BCUT2D eigenvalue weighted by Crippen LogP contribution is -2.46. The molecule has 0 saturated carbocycles. The molecule has 2 aliphatic heterocycles. The van der Waals surface area contributed by atoms with Crippen LogP contribution < -0.4 is 15.2 Å². The topological polar surface area (TPSA) is 68.0 Å². The molecular formula is C24H31N3O3. The monoisotopic (exact) mass is 409 g/mol. The predicted molar refractivity (Wildman–Crippen MR) is 118 cm³/mol. The van der Waals surface area contributed by atoms with Crippen molar-refractivity contribution in [1.82, 2.24) is 9.80 Å². The van der Waals surface area contributed by atoms with E-state index in [-0.39, 0.29) is 11.9 Å². The van der Waals surface area contributed by atoms with Gasteiger partial charge in [-0.3, -0.25) is 9.69 Å². The zero-order valence-electron chi connectivity index (χ0n) is 17.9. The molecule has 2 N–H and O–H groups in total. The van der Waals surface area contributed by atoms with Gasteiger partial charge < -0.3 is 20.1 Å². The van der Waals surface area contributed by atoms with E-state index in [0.717, 1.165) is 36.4 Å². The van der Waals surface area contributed by atoms with Crippen molar-refractivity contribution in [2.75, 3.05) is 46.1 Å². The van der Waals surface area contributed by atoms with Gasteiger partial charge in [-0.2, -0.15) is 0 Å². The van der Waals surface area contributed by atoms with E-state index >= 15 is 0 Å². The fourth-order valence-corrected chi connectivity index (χ4v) is 4.65. The molecule has 1 atom stereocenters. The Hall–Kier alpha value is -2.73. The fourth-order valence-electron chi connectivity index (χ4n) is 4.65. The van der Waals surface area contributed by atoms with Crippen LogP contribution in [0.5, 0.6) is 11.5 Å². The van der Waals surface area contributed by atoms with Crippen molar-refractivity contribution in [2.24, 2.45) is 0 Å². The number of nitrogen functional groups attached to an aromatic ring is 1. The van der Waals surface area contributed by atoms with Gasteiger partial charge in [0.1, 0.15) is 0 Å². The summed E-state index contributed by atoms with van der Waals surface area (Å²) in [5, 5.41) is 0. The fraction of sp³-hybridized carbons (Fsp3) is 0.458. The summed E-state index contributed by atoms with van der Waals surface area (Å²) in [6.07, 6.45) is 4.41. The number of likely N-dealkylation sites (tertiary alicyclic amines) is 1. The molecule has 0 aromatic heterocycles. The molecule has 1 unspecified atom stereocenters. The van der Waals surface area contributed by atoms with Crippen molar-refractivity contribution in [3.63, 3.8) is 0 Å². The molecular weight excluding hydrogens is 378 g/mol. The minimum absolute atomic E-state index is 0.161. The van der Waals surface area contributed by atoms with Gasteiger partial charge in [0.05, 0.1) is 26.8 Å². The number of ether oxygens (including phenoxy) is 2. The van der Waals surface area contributed by atoms with Gasteiger partial charge in [0.2, 0.25) is 5.91 Å². The summed E-state index contributed by atoms with van der Waals surface area (Å²) in [6.45, 7) is 3.18. The van der Waals surface area contributed by atoms with Crippen LogP contribution in [0.3, 0.4) is 0 Å². The van der Waals surface area contributed by atoms with E-state index in [1.54, 1.807) is 14.2 Å². The van der Waals surface area contributed by atoms with Crippen LogP contribution in [0.4, 0.5) is 5.69 Å². The van der Waals surface area contributed by atoms with Gasteiger partial charge >= 0.3 is 0 Å². The highest BCUT2D eigenvalue weighted by atomic mass is 16.5. The van der Waals surface area contributed by atoms with Crippen molar-refractivity contribution >= 4 is 11.6 Å². The maximum absolute atomic E-state index is 13.4. The van der Waals surface area contributed by atoms with Gasteiger partial charge in [0, 0.05) is 12.2 Å².